The average molecular weight is 278 g/mol. The molecule has 1 unspecified atom stereocenters. The van der Waals surface area contributed by atoms with Crippen molar-refractivity contribution in [2.45, 2.75) is 45.7 Å². The summed E-state index contributed by atoms with van der Waals surface area (Å²) < 4.78 is 1.61. The van der Waals surface area contributed by atoms with Gasteiger partial charge in [-0.25, -0.2) is 4.98 Å². The second kappa shape index (κ2) is 6.54. The van der Waals surface area contributed by atoms with E-state index >= 15 is 0 Å². The summed E-state index contributed by atoms with van der Waals surface area (Å²) in [6.45, 7) is 6.07. The minimum absolute atomic E-state index is 0.0367. The zero-order valence-electron chi connectivity index (χ0n) is 12.1. The Morgan fingerprint density at radius 2 is 2.15 bits per heavy atom. The Labute approximate surface area is 118 Å². The van der Waals surface area contributed by atoms with E-state index < -0.39 is 6.04 Å². The molecule has 20 heavy (non-hydrogen) atoms. The summed E-state index contributed by atoms with van der Waals surface area (Å²) >= 11 is 0. The summed E-state index contributed by atoms with van der Waals surface area (Å²) in [7, 11) is 0. The number of anilines is 1. The lowest BCUT2D eigenvalue weighted by atomic mass is 10.3. The van der Waals surface area contributed by atoms with Crippen molar-refractivity contribution in [1.29, 1.82) is 0 Å². The molecule has 1 N–H and O–H groups in total. The number of nitrogens with one attached hydrogen (secondary N) is 1. The molecule has 1 amide bonds. The topological polar surface area (TPSA) is 67.2 Å². The minimum atomic E-state index is -0.425. The van der Waals surface area contributed by atoms with Crippen molar-refractivity contribution in [3.05, 3.63) is 22.7 Å². The number of hydrogen-bond acceptors (Lipinski definition) is 4. The monoisotopic (exact) mass is 278 g/mol. The van der Waals surface area contributed by atoms with E-state index in [0.717, 1.165) is 32.4 Å². The Kier molecular flexibility index (Phi) is 4.76. The summed E-state index contributed by atoms with van der Waals surface area (Å²) in [5, 5.41) is 2.95. The molecule has 1 aliphatic rings. The van der Waals surface area contributed by atoms with Crippen LogP contribution in [0.1, 0.15) is 33.1 Å². The molecule has 0 spiro atoms. The second-order valence-corrected chi connectivity index (χ2v) is 5.17. The van der Waals surface area contributed by atoms with Gasteiger partial charge in [0.2, 0.25) is 5.91 Å². The molecule has 0 radical (unpaired) electrons. The molecular formula is C14H22N4O2. The molecule has 2 heterocycles. The van der Waals surface area contributed by atoms with Crippen molar-refractivity contribution >= 4 is 11.7 Å². The van der Waals surface area contributed by atoms with E-state index in [1.54, 1.807) is 23.9 Å². The van der Waals surface area contributed by atoms with Gasteiger partial charge in [-0.3, -0.25) is 9.59 Å². The fourth-order valence-electron chi connectivity index (χ4n) is 2.44. The van der Waals surface area contributed by atoms with Gasteiger partial charge in [0.15, 0.2) is 5.82 Å². The second-order valence-electron chi connectivity index (χ2n) is 5.17. The smallest absolute Gasteiger partial charge is 0.293 e. The Hall–Kier alpha value is -1.85. The van der Waals surface area contributed by atoms with Gasteiger partial charge in [-0.1, -0.05) is 6.92 Å². The lowest BCUT2D eigenvalue weighted by Gasteiger charge is -2.21. The molecule has 1 fully saturated rings. The molecule has 6 heteroatoms. The molecule has 1 saturated heterocycles. The number of hydrogen-bond donors (Lipinski definition) is 1. The zero-order valence-corrected chi connectivity index (χ0v) is 12.1. The van der Waals surface area contributed by atoms with Crippen LogP contribution < -0.4 is 10.9 Å². The van der Waals surface area contributed by atoms with E-state index in [0.29, 0.717) is 6.54 Å². The zero-order chi connectivity index (χ0) is 14.5. The highest BCUT2D eigenvalue weighted by Gasteiger charge is 2.23. The predicted octanol–water partition coefficient (Wildman–Crippen LogP) is 1.08. The number of nitrogens with zero attached hydrogens (tertiary/aromatic N) is 3. The number of rotatable bonds is 5. The lowest BCUT2D eigenvalue weighted by molar-refractivity contribution is -0.130. The third-order valence-corrected chi connectivity index (χ3v) is 3.52. The van der Waals surface area contributed by atoms with Crippen LogP contribution in [0.5, 0.6) is 0 Å². The SMILES string of the molecule is CCCn1ccnc(NC(C)C(=O)N2CCCC2)c1=O. The maximum Gasteiger partial charge on any atom is 0.293 e. The summed E-state index contributed by atoms with van der Waals surface area (Å²) in [5.74, 6) is 0.288. The quantitative estimate of drug-likeness (QED) is 0.875. The average Bonchev–Trinajstić information content (AvgIpc) is 2.96. The van der Waals surface area contributed by atoms with Gasteiger partial charge in [-0.15, -0.1) is 0 Å². The summed E-state index contributed by atoms with van der Waals surface area (Å²) in [4.78, 5) is 30.2. The van der Waals surface area contributed by atoms with Crippen LogP contribution in [0.2, 0.25) is 0 Å². The van der Waals surface area contributed by atoms with Gasteiger partial charge < -0.3 is 14.8 Å². The van der Waals surface area contributed by atoms with Crippen molar-refractivity contribution in [3.63, 3.8) is 0 Å². The molecule has 0 saturated carbocycles. The molecule has 6 nitrogen and oxygen atoms in total. The van der Waals surface area contributed by atoms with Crippen LogP contribution in [-0.4, -0.2) is 39.5 Å². The first-order valence-corrected chi connectivity index (χ1v) is 7.24. The number of carbonyl (C=O) groups excluding carboxylic acids is 1. The molecule has 1 atom stereocenters. The van der Waals surface area contributed by atoms with Crippen LogP contribution in [0.4, 0.5) is 5.82 Å². The van der Waals surface area contributed by atoms with Crippen LogP contribution >= 0.6 is 0 Å². The van der Waals surface area contributed by atoms with Crippen molar-refractivity contribution in [3.8, 4) is 0 Å². The van der Waals surface area contributed by atoms with E-state index in [1.807, 2.05) is 11.8 Å². The number of amides is 1. The van der Waals surface area contributed by atoms with Crippen LogP contribution in [0.3, 0.4) is 0 Å². The fourth-order valence-corrected chi connectivity index (χ4v) is 2.44. The maximum absolute atomic E-state index is 12.2. The number of likely N-dealkylation sites (tertiary alicyclic amines) is 1. The molecular weight excluding hydrogens is 256 g/mol. The van der Waals surface area contributed by atoms with Crippen molar-refractivity contribution in [2.24, 2.45) is 0 Å². The number of aromatic nitrogens is 2. The Bertz CT molecular complexity index is 520. The lowest BCUT2D eigenvalue weighted by Crippen LogP contribution is -2.41. The summed E-state index contributed by atoms with van der Waals surface area (Å²) in [6.07, 6.45) is 6.26. The molecule has 2 rings (SSSR count). The highest BCUT2D eigenvalue weighted by molar-refractivity contribution is 5.84. The van der Waals surface area contributed by atoms with E-state index in [-0.39, 0.29) is 17.3 Å². The number of aryl methyl sites for hydroxylation is 1. The van der Waals surface area contributed by atoms with Crippen molar-refractivity contribution in [2.75, 3.05) is 18.4 Å². The normalized spacial score (nSPS) is 16.2. The fraction of sp³-hybridized carbons (Fsp3) is 0.643. The molecule has 1 aromatic heterocycles. The van der Waals surface area contributed by atoms with Gasteiger partial charge in [0.25, 0.3) is 5.56 Å². The van der Waals surface area contributed by atoms with Crippen LogP contribution in [-0.2, 0) is 11.3 Å². The Morgan fingerprint density at radius 3 is 2.80 bits per heavy atom. The van der Waals surface area contributed by atoms with Gasteiger partial charge >= 0.3 is 0 Å². The molecule has 0 bridgehead atoms. The Morgan fingerprint density at radius 1 is 1.45 bits per heavy atom. The number of carbonyl (C=O) groups is 1. The predicted molar refractivity (Wildman–Crippen MR) is 77.7 cm³/mol. The van der Waals surface area contributed by atoms with Crippen LogP contribution in [0.15, 0.2) is 17.2 Å². The molecule has 1 aliphatic heterocycles. The van der Waals surface area contributed by atoms with Crippen LogP contribution in [0.25, 0.3) is 0 Å². The van der Waals surface area contributed by atoms with Gasteiger partial charge in [0.1, 0.15) is 6.04 Å². The first-order chi connectivity index (χ1) is 9.63. The molecule has 0 aliphatic carbocycles. The first-order valence-electron chi connectivity index (χ1n) is 7.24. The van der Waals surface area contributed by atoms with E-state index in [1.165, 1.54) is 0 Å². The third-order valence-electron chi connectivity index (χ3n) is 3.52. The van der Waals surface area contributed by atoms with E-state index in [2.05, 4.69) is 10.3 Å². The molecule has 1 aromatic rings. The molecule has 0 aromatic carbocycles. The standard InChI is InChI=1S/C14H22N4O2/c1-3-7-17-10-6-15-12(14(17)20)16-11(2)13(19)18-8-4-5-9-18/h6,10-11H,3-5,7-9H2,1-2H3,(H,15,16). The van der Waals surface area contributed by atoms with E-state index in [4.69, 9.17) is 0 Å². The van der Waals surface area contributed by atoms with Crippen LogP contribution in [0, 0.1) is 0 Å². The van der Waals surface area contributed by atoms with Crippen molar-refractivity contribution < 1.29 is 4.79 Å². The van der Waals surface area contributed by atoms with E-state index in [9.17, 15) is 9.59 Å². The highest BCUT2D eigenvalue weighted by atomic mass is 16.2. The third kappa shape index (κ3) is 3.18. The van der Waals surface area contributed by atoms with Gasteiger partial charge in [-0.2, -0.15) is 0 Å². The maximum atomic E-state index is 12.2. The minimum Gasteiger partial charge on any atom is -0.354 e. The van der Waals surface area contributed by atoms with Gasteiger partial charge in [0, 0.05) is 32.0 Å². The molecule has 110 valence electrons. The van der Waals surface area contributed by atoms with Gasteiger partial charge in [0.05, 0.1) is 0 Å². The van der Waals surface area contributed by atoms with Gasteiger partial charge in [-0.05, 0) is 26.2 Å². The highest BCUT2D eigenvalue weighted by Crippen LogP contribution is 2.10. The Balaban J connectivity index is 2.07. The first kappa shape index (κ1) is 14.6. The summed E-state index contributed by atoms with van der Waals surface area (Å²) in [5.41, 5.74) is -0.171. The largest absolute Gasteiger partial charge is 0.354 e. The van der Waals surface area contributed by atoms with Crippen molar-refractivity contribution in [1.82, 2.24) is 14.5 Å². The summed E-state index contributed by atoms with van der Waals surface area (Å²) in [6, 6.07) is -0.425.